The monoisotopic (exact) mass is 365 g/mol. The van der Waals surface area contributed by atoms with Crippen molar-refractivity contribution in [2.24, 2.45) is 0 Å². The van der Waals surface area contributed by atoms with Crippen LogP contribution in [0.15, 0.2) is 41.4 Å². The van der Waals surface area contributed by atoms with Crippen molar-refractivity contribution < 1.29 is 4.39 Å². The van der Waals surface area contributed by atoms with Crippen LogP contribution in [0.2, 0.25) is 5.15 Å². The zero-order chi connectivity index (χ0) is 16.9. The van der Waals surface area contributed by atoms with Crippen molar-refractivity contribution in [1.82, 2.24) is 14.2 Å². The van der Waals surface area contributed by atoms with Gasteiger partial charge in [0.25, 0.3) is 0 Å². The average Bonchev–Trinajstić information content (AvgIpc) is 2.59. The number of halogens is 2. The fraction of sp³-hybridized carbons (Fsp3) is 0.389. The molecule has 0 N–H and O–H groups in total. The highest BCUT2D eigenvalue weighted by Gasteiger charge is 2.18. The predicted molar refractivity (Wildman–Crippen MR) is 99.3 cm³/mol. The Kier molecular flexibility index (Phi) is 6.11. The summed E-state index contributed by atoms with van der Waals surface area (Å²) in [5.41, 5.74) is 3.48. The summed E-state index contributed by atoms with van der Waals surface area (Å²) in [5, 5.41) is 0.506. The summed E-state index contributed by atoms with van der Waals surface area (Å²) in [4.78, 5) is 7.47. The molecule has 0 unspecified atom stereocenters. The van der Waals surface area contributed by atoms with E-state index in [0.29, 0.717) is 11.7 Å². The maximum Gasteiger partial charge on any atom is 0.129 e. The lowest BCUT2D eigenvalue weighted by Crippen LogP contribution is -2.44. The van der Waals surface area contributed by atoms with E-state index in [-0.39, 0.29) is 6.67 Å². The Morgan fingerprint density at radius 1 is 1.12 bits per heavy atom. The van der Waals surface area contributed by atoms with Crippen molar-refractivity contribution in [1.29, 1.82) is 0 Å². The maximum absolute atomic E-state index is 12.4. The minimum Gasteiger partial charge on any atom is -0.298 e. The number of hydrogen-bond acceptors (Lipinski definition) is 4. The summed E-state index contributed by atoms with van der Waals surface area (Å²) < 4.78 is 14.8. The third-order valence-corrected chi connectivity index (χ3v) is 5.67. The molecule has 1 aromatic carbocycles. The Balaban J connectivity index is 1.71. The molecule has 0 spiro atoms. The van der Waals surface area contributed by atoms with Crippen molar-refractivity contribution in [3.05, 3.63) is 47.2 Å². The van der Waals surface area contributed by atoms with Crippen LogP contribution in [0.3, 0.4) is 0 Å². The van der Waals surface area contributed by atoms with Crippen LogP contribution in [0.25, 0.3) is 11.1 Å². The van der Waals surface area contributed by atoms with Crippen LogP contribution < -0.4 is 0 Å². The van der Waals surface area contributed by atoms with E-state index in [1.807, 2.05) is 12.1 Å². The molecule has 2 aromatic rings. The molecule has 0 amide bonds. The summed E-state index contributed by atoms with van der Waals surface area (Å²) in [6.07, 6.45) is 1.73. The topological polar surface area (TPSA) is 19.4 Å². The second-order valence-electron chi connectivity index (χ2n) is 5.90. The molecule has 1 aliphatic heterocycles. The molecule has 0 radical (unpaired) electrons. The van der Waals surface area contributed by atoms with Crippen LogP contribution in [0.4, 0.5) is 4.39 Å². The highest BCUT2D eigenvalue weighted by molar-refractivity contribution is 7.97. The van der Waals surface area contributed by atoms with Gasteiger partial charge in [-0.25, -0.2) is 13.7 Å². The van der Waals surface area contributed by atoms with Crippen LogP contribution in [-0.2, 0) is 0 Å². The lowest BCUT2D eigenvalue weighted by atomic mass is 10.1. The Morgan fingerprint density at radius 3 is 2.58 bits per heavy atom. The standard InChI is InChI=1S/C18H21ClFN3S/c1-14-2-3-15(16-4-6-21-18(19)13-16)12-17(14)24-23-10-8-22(7-5-20)9-11-23/h2-4,6,12-13H,5,7-11H2,1H3. The van der Waals surface area contributed by atoms with Crippen molar-refractivity contribution in [2.45, 2.75) is 11.8 Å². The lowest BCUT2D eigenvalue weighted by Gasteiger charge is -2.33. The number of benzene rings is 1. The Hall–Kier alpha value is -1.14. The van der Waals surface area contributed by atoms with Gasteiger partial charge in [-0.15, -0.1) is 0 Å². The van der Waals surface area contributed by atoms with Crippen LogP contribution in [-0.4, -0.2) is 53.6 Å². The molecule has 0 aliphatic carbocycles. The van der Waals surface area contributed by atoms with E-state index in [9.17, 15) is 4.39 Å². The SMILES string of the molecule is Cc1ccc(-c2ccnc(Cl)c2)cc1SN1CCN(CCF)CC1. The number of nitrogens with zero attached hydrogens (tertiary/aromatic N) is 3. The molecule has 6 heteroatoms. The minimum atomic E-state index is -0.261. The van der Waals surface area contributed by atoms with Gasteiger partial charge in [-0.2, -0.15) is 0 Å². The van der Waals surface area contributed by atoms with Gasteiger partial charge in [0.05, 0.1) is 0 Å². The fourth-order valence-electron chi connectivity index (χ4n) is 2.76. The van der Waals surface area contributed by atoms with Gasteiger partial charge in [0, 0.05) is 43.8 Å². The number of rotatable bonds is 5. The van der Waals surface area contributed by atoms with E-state index in [0.717, 1.165) is 37.3 Å². The zero-order valence-corrected chi connectivity index (χ0v) is 15.3. The van der Waals surface area contributed by atoms with Crippen LogP contribution in [0.1, 0.15) is 5.56 Å². The molecule has 2 heterocycles. The second kappa shape index (κ2) is 8.30. The molecule has 128 valence electrons. The number of alkyl halides is 1. The number of aromatic nitrogens is 1. The van der Waals surface area contributed by atoms with Gasteiger partial charge in [0.2, 0.25) is 0 Å². The van der Waals surface area contributed by atoms with Gasteiger partial charge in [-0.3, -0.25) is 4.90 Å². The van der Waals surface area contributed by atoms with Gasteiger partial charge < -0.3 is 0 Å². The first-order valence-corrected chi connectivity index (χ1v) is 9.24. The normalized spacial score (nSPS) is 16.5. The third-order valence-electron chi connectivity index (χ3n) is 4.21. The predicted octanol–water partition coefficient (Wildman–Crippen LogP) is 4.30. The highest BCUT2D eigenvalue weighted by Crippen LogP contribution is 2.31. The van der Waals surface area contributed by atoms with Crippen molar-refractivity contribution in [3.63, 3.8) is 0 Å². The molecule has 1 saturated heterocycles. The largest absolute Gasteiger partial charge is 0.298 e. The summed E-state index contributed by atoms with van der Waals surface area (Å²) in [5.74, 6) is 0. The van der Waals surface area contributed by atoms with Crippen molar-refractivity contribution >= 4 is 23.5 Å². The van der Waals surface area contributed by atoms with Gasteiger partial charge in [0.1, 0.15) is 11.8 Å². The van der Waals surface area contributed by atoms with Gasteiger partial charge in [0.15, 0.2) is 0 Å². The quantitative estimate of drug-likeness (QED) is 0.580. The first kappa shape index (κ1) is 17.7. The van der Waals surface area contributed by atoms with E-state index < -0.39 is 0 Å². The lowest BCUT2D eigenvalue weighted by molar-refractivity contribution is 0.183. The van der Waals surface area contributed by atoms with Gasteiger partial charge in [-0.05, 0) is 53.8 Å². The van der Waals surface area contributed by atoms with Crippen LogP contribution >= 0.6 is 23.5 Å². The fourth-order valence-corrected chi connectivity index (χ4v) is 3.95. The number of piperazine rings is 1. The van der Waals surface area contributed by atoms with Crippen LogP contribution in [0, 0.1) is 6.92 Å². The highest BCUT2D eigenvalue weighted by atomic mass is 35.5. The zero-order valence-electron chi connectivity index (χ0n) is 13.7. The molecule has 0 bridgehead atoms. The first-order chi connectivity index (χ1) is 11.7. The smallest absolute Gasteiger partial charge is 0.129 e. The second-order valence-corrected chi connectivity index (χ2v) is 7.42. The summed E-state index contributed by atoms with van der Waals surface area (Å²) >= 11 is 7.79. The molecule has 0 atom stereocenters. The van der Waals surface area contributed by atoms with E-state index in [1.165, 1.54) is 10.5 Å². The molecule has 24 heavy (non-hydrogen) atoms. The molecule has 1 fully saturated rings. The van der Waals surface area contributed by atoms with Crippen LogP contribution in [0.5, 0.6) is 0 Å². The minimum absolute atomic E-state index is 0.261. The average molecular weight is 366 g/mol. The molecular weight excluding hydrogens is 345 g/mol. The summed E-state index contributed by atoms with van der Waals surface area (Å²) in [6, 6.07) is 10.3. The number of aryl methyl sites for hydroxylation is 1. The maximum atomic E-state index is 12.4. The molecule has 3 nitrogen and oxygen atoms in total. The third kappa shape index (κ3) is 4.48. The molecular formula is C18H21ClFN3S. The Bertz CT molecular complexity index is 690. The molecule has 3 rings (SSSR count). The van der Waals surface area contributed by atoms with E-state index in [2.05, 4.69) is 39.3 Å². The Labute approximate surface area is 152 Å². The van der Waals surface area contributed by atoms with Crippen molar-refractivity contribution in [2.75, 3.05) is 39.4 Å². The van der Waals surface area contributed by atoms with Crippen molar-refractivity contribution in [3.8, 4) is 11.1 Å². The van der Waals surface area contributed by atoms with Gasteiger partial charge in [-0.1, -0.05) is 23.7 Å². The Morgan fingerprint density at radius 2 is 1.88 bits per heavy atom. The molecule has 1 aliphatic rings. The molecule has 1 aromatic heterocycles. The first-order valence-electron chi connectivity index (χ1n) is 8.09. The summed E-state index contributed by atoms with van der Waals surface area (Å²) in [7, 11) is 0. The summed E-state index contributed by atoms with van der Waals surface area (Å²) in [6.45, 7) is 6.18. The molecule has 0 saturated carbocycles. The van der Waals surface area contributed by atoms with E-state index in [4.69, 9.17) is 11.6 Å². The van der Waals surface area contributed by atoms with E-state index in [1.54, 1.807) is 18.1 Å². The van der Waals surface area contributed by atoms with E-state index >= 15 is 0 Å². The number of hydrogen-bond donors (Lipinski definition) is 0. The number of pyridine rings is 1. The van der Waals surface area contributed by atoms with Gasteiger partial charge >= 0.3 is 0 Å².